The minimum atomic E-state index is 0.165. The number of allylic oxidation sites excluding steroid dienone is 13. The highest BCUT2D eigenvalue weighted by molar-refractivity contribution is 5.97. The summed E-state index contributed by atoms with van der Waals surface area (Å²) in [7, 11) is 0. The summed E-state index contributed by atoms with van der Waals surface area (Å²) in [5, 5.41) is 12.9. The summed E-state index contributed by atoms with van der Waals surface area (Å²) >= 11 is 0. The zero-order valence-corrected chi connectivity index (χ0v) is 38.3. The Kier molecular flexibility index (Phi) is 23.1. The van der Waals surface area contributed by atoms with Crippen molar-refractivity contribution in [3.05, 3.63) is 108 Å². The second-order valence-corrected chi connectivity index (χ2v) is 17.8. The van der Waals surface area contributed by atoms with Crippen LogP contribution in [0.2, 0.25) is 0 Å². The highest BCUT2D eigenvalue weighted by Gasteiger charge is 2.37. The molecule has 5 unspecified atom stereocenters. The van der Waals surface area contributed by atoms with Crippen LogP contribution < -0.4 is 5.32 Å². The molecule has 0 saturated heterocycles. The molecule has 4 heteroatoms. The van der Waals surface area contributed by atoms with E-state index in [9.17, 15) is 0 Å². The van der Waals surface area contributed by atoms with Gasteiger partial charge in [0, 0.05) is 36.1 Å². The fraction of sp³-hybridized carbons (Fsp3) is 0.618. The van der Waals surface area contributed by atoms with E-state index in [1.807, 2.05) is 6.08 Å². The van der Waals surface area contributed by atoms with Gasteiger partial charge < -0.3 is 5.41 Å². The zero-order valence-electron chi connectivity index (χ0n) is 38.3. The van der Waals surface area contributed by atoms with Crippen LogP contribution >= 0.6 is 0 Å². The zero-order chi connectivity index (χ0) is 42.1. The van der Waals surface area contributed by atoms with Crippen molar-refractivity contribution < 1.29 is 0 Å². The third-order valence-corrected chi connectivity index (χ3v) is 13.5. The van der Waals surface area contributed by atoms with Crippen LogP contribution in [0.1, 0.15) is 169 Å². The Hall–Kier alpha value is -3.37. The van der Waals surface area contributed by atoms with E-state index in [4.69, 9.17) is 15.4 Å². The second-order valence-electron chi connectivity index (χ2n) is 17.8. The number of hydrogen-bond donors (Lipinski definition) is 2. The Morgan fingerprint density at radius 3 is 2.61 bits per heavy atom. The molecule has 2 aliphatic heterocycles. The molecule has 0 aromatic rings. The summed E-state index contributed by atoms with van der Waals surface area (Å²) < 4.78 is 0. The minimum Gasteiger partial charge on any atom is -0.305 e. The molecule has 0 aromatic heterocycles. The monoisotopic (exact) mass is 801 g/mol. The molecule has 7 atom stereocenters. The number of aliphatic imine (C=N–C) groups is 2. The highest BCUT2D eigenvalue weighted by atomic mass is 15.0. The van der Waals surface area contributed by atoms with Crippen LogP contribution in [-0.2, 0) is 0 Å². The van der Waals surface area contributed by atoms with Gasteiger partial charge in [0.05, 0.1) is 11.7 Å². The van der Waals surface area contributed by atoms with Gasteiger partial charge in [0.1, 0.15) is 0 Å². The first-order valence-corrected chi connectivity index (χ1v) is 24.4. The molecule has 0 aromatic carbocycles. The summed E-state index contributed by atoms with van der Waals surface area (Å²) in [4.78, 5) is 10.6. The van der Waals surface area contributed by atoms with Gasteiger partial charge >= 0.3 is 0 Å². The van der Waals surface area contributed by atoms with E-state index in [0.29, 0.717) is 23.7 Å². The molecule has 4 rings (SSSR count). The lowest BCUT2D eigenvalue weighted by atomic mass is 9.68. The lowest BCUT2D eigenvalue weighted by Gasteiger charge is -2.40. The van der Waals surface area contributed by atoms with Crippen LogP contribution in [0.3, 0.4) is 0 Å². The Labute approximate surface area is 362 Å². The number of nitrogens with one attached hydrogen (secondary N) is 2. The molecular weight excluding hydrogens is 717 g/mol. The molecule has 1 saturated carbocycles. The standard InChI is InChI=1S/C55H84N4/c1-7-13-18-26-45(35-38-52(56)47-27-19-16-15-17-20-28-47)39-40-57-42-46(41-44(11-5)24-9-3)33-36-48-29-23-32-54(58-48)55-51-31-22-21-30-49(51)50(53(12-6)59-55)37-34-43(10-4)25-14-8-2/h7-9,14,18,23-24,26-27,32-33,36,41-45,48-50,54,56,58H,1,10-13,15-17,19-22,25,28-31,34-35,37-40H2,2-6H3/b14-8-,24-9?,26-18-,36-33+,46-41+,47-27?,56-52?,57-42?/t43?,44?,45-,48?,49?,50?,54-/m0/s1. The van der Waals surface area contributed by atoms with E-state index in [-0.39, 0.29) is 12.1 Å². The van der Waals surface area contributed by atoms with Crippen LogP contribution in [0.15, 0.2) is 118 Å². The summed E-state index contributed by atoms with van der Waals surface area (Å²) in [6.07, 6.45) is 56.3. The molecule has 0 amide bonds. The molecule has 2 heterocycles. The van der Waals surface area contributed by atoms with E-state index in [1.54, 1.807) is 5.57 Å². The Morgan fingerprint density at radius 2 is 1.83 bits per heavy atom. The fourth-order valence-electron chi connectivity index (χ4n) is 9.82. The van der Waals surface area contributed by atoms with Gasteiger partial charge in [-0.25, -0.2) is 0 Å². The number of rotatable bonds is 24. The Balaban J connectivity index is 1.45. The summed E-state index contributed by atoms with van der Waals surface area (Å²) in [6, 6.07) is 0.411. The average Bonchev–Trinajstić information content (AvgIpc) is 3.25. The SMILES string of the molecule is C=CC/C=C\[C@H](CCN=CC(/C=C/C1CC=C[C@@H](C2=C3CCCCC3C(CCC(CC)C/C=C\C)C(CC)=N2)N1)=C/C(C=CC)CC)CCC(=N)C1=CCCCCCC1. The van der Waals surface area contributed by atoms with E-state index >= 15 is 0 Å². The molecule has 4 aliphatic rings. The lowest BCUT2D eigenvalue weighted by Crippen LogP contribution is -2.42. The van der Waals surface area contributed by atoms with Gasteiger partial charge in [0.15, 0.2) is 0 Å². The molecule has 0 bridgehead atoms. The topological polar surface area (TPSA) is 60.6 Å². The molecular formula is C55H84N4. The first-order chi connectivity index (χ1) is 28.9. The maximum atomic E-state index is 8.89. The van der Waals surface area contributed by atoms with Gasteiger partial charge in [-0.3, -0.25) is 15.3 Å². The predicted molar refractivity (Wildman–Crippen MR) is 261 cm³/mol. The van der Waals surface area contributed by atoms with E-state index in [2.05, 4.69) is 126 Å². The van der Waals surface area contributed by atoms with Crippen molar-refractivity contribution in [1.29, 1.82) is 5.41 Å². The van der Waals surface area contributed by atoms with Gasteiger partial charge in [0.25, 0.3) is 0 Å². The average molecular weight is 801 g/mol. The van der Waals surface area contributed by atoms with Crippen LogP contribution in [0.4, 0.5) is 0 Å². The number of fused-ring (bicyclic) bond motifs is 1. The van der Waals surface area contributed by atoms with Crippen molar-refractivity contribution in [2.75, 3.05) is 6.54 Å². The van der Waals surface area contributed by atoms with Gasteiger partial charge in [-0.05, 0) is 163 Å². The third kappa shape index (κ3) is 16.5. The summed E-state index contributed by atoms with van der Waals surface area (Å²) in [5.41, 5.74) is 7.77. The van der Waals surface area contributed by atoms with Crippen LogP contribution in [0, 0.1) is 35.0 Å². The molecule has 2 aliphatic carbocycles. The number of nitrogens with zero attached hydrogens (tertiary/aromatic N) is 2. The van der Waals surface area contributed by atoms with Crippen molar-refractivity contribution >= 4 is 17.6 Å². The Bertz CT molecular complexity index is 1590. The van der Waals surface area contributed by atoms with Crippen molar-refractivity contribution in [2.45, 2.75) is 182 Å². The first-order valence-electron chi connectivity index (χ1n) is 24.4. The van der Waals surface area contributed by atoms with Crippen molar-refractivity contribution in [1.82, 2.24) is 5.32 Å². The van der Waals surface area contributed by atoms with Crippen molar-refractivity contribution in [3.8, 4) is 0 Å². The largest absolute Gasteiger partial charge is 0.305 e. The maximum absolute atomic E-state index is 8.89. The van der Waals surface area contributed by atoms with Gasteiger partial charge in [-0.2, -0.15) is 0 Å². The van der Waals surface area contributed by atoms with Crippen LogP contribution in [0.25, 0.3) is 0 Å². The maximum Gasteiger partial charge on any atom is 0.0685 e. The van der Waals surface area contributed by atoms with Crippen LogP contribution in [0.5, 0.6) is 0 Å². The second kappa shape index (κ2) is 28.2. The molecule has 0 radical (unpaired) electrons. The normalized spacial score (nSPS) is 25.1. The first kappa shape index (κ1) is 48.3. The molecule has 4 nitrogen and oxygen atoms in total. The smallest absolute Gasteiger partial charge is 0.0685 e. The highest BCUT2D eigenvalue weighted by Crippen LogP contribution is 2.44. The Morgan fingerprint density at radius 1 is 0.983 bits per heavy atom. The predicted octanol–water partition coefficient (Wildman–Crippen LogP) is 15.3. The van der Waals surface area contributed by atoms with Crippen molar-refractivity contribution in [3.63, 3.8) is 0 Å². The quantitative estimate of drug-likeness (QED) is 0.0570. The van der Waals surface area contributed by atoms with E-state index in [1.165, 1.54) is 99.6 Å². The third-order valence-electron chi connectivity index (χ3n) is 13.5. The van der Waals surface area contributed by atoms with E-state index in [0.717, 1.165) is 76.0 Å². The summed E-state index contributed by atoms with van der Waals surface area (Å²) in [5.74, 6) is 2.83. The molecule has 2 N–H and O–H groups in total. The molecule has 324 valence electrons. The van der Waals surface area contributed by atoms with Gasteiger partial charge in [-0.1, -0.05) is 125 Å². The van der Waals surface area contributed by atoms with E-state index < -0.39 is 0 Å². The lowest BCUT2D eigenvalue weighted by molar-refractivity contribution is 0.321. The fourth-order valence-corrected chi connectivity index (χ4v) is 9.82. The van der Waals surface area contributed by atoms with Crippen LogP contribution in [-0.4, -0.2) is 36.3 Å². The number of hydrogen-bond acceptors (Lipinski definition) is 4. The van der Waals surface area contributed by atoms with Crippen molar-refractivity contribution in [2.24, 2.45) is 39.6 Å². The molecule has 59 heavy (non-hydrogen) atoms. The molecule has 1 fully saturated rings. The minimum absolute atomic E-state index is 0.165. The molecule has 0 spiro atoms. The summed E-state index contributed by atoms with van der Waals surface area (Å²) in [6.45, 7) is 15.9. The van der Waals surface area contributed by atoms with Gasteiger partial charge in [-0.15, -0.1) is 6.58 Å². The van der Waals surface area contributed by atoms with Gasteiger partial charge in [0.2, 0.25) is 0 Å².